The number of rotatable bonds is 5. The molecule has 0 spiro atoms. The number of likely N-dealkylation sites (tertiary alicyclic amines) is 1. The minimum atomic E-state index is -0.671. The van der Waals surface area contributed by atoms with Crippen LogP contribution in [-0.2, 0) is 6.54 Å². The summed E-state index contributed by atoms with van der Waals surface area (Å²) in [5, 5.41) is 3.17. The molecule has 1 aromatic carbocycles. The van der Waals surface area contributed by atoms with Gasteiger partial charge in [0.05, 0.1) is 5.02 Å². The zero-order valence-electron chi connectivity index (χ0n) is 21.0. The number of H-pyrrole nitrogens is 1. The SMILES string of the molecule is Cc1cc(C)c(CNC(=O)c2cc(Cl)c3c(c2C)OC(C2CCC(N4CC(F)C4)CC2)CO3)c(=O)[nH]1. The van der Waals surface area contributed by atoms with E-state index in [9.17, 15) is 14.0 Å². The van der Waals surface area contributed by atoms with E-state index >= 15 is 0 Å². The van der Waals surface area contributed by atoms with Crippen molar-refractivity contribution in [2.75, 3.05) is 19.7 Å². The van der Waals surface area contributed by atoms with Gasteiger partial charge in [-0.15, -0.1) is 0 Å². The second-order valence-electron chi connectivity index (χ2n) is 10.4. The number of alkyl halides is 1. The van der Waals surface area contributed by atoms with Gasteiger partial charge in [0, 0.05) is 48.1 Å². The molecule has 2 aliphatic heterocycles. The molecule has 0 bridgehead atoms. The molecule has 3 heterocycles. The van der Waals surface area contributed by atoms with Crippen molar-refractivity contribution in [3.05, 3.63) is 55.5 Å². The first kappa shape index (κ1) is 25.1. The maximum absolute atomic E-state index is 13.2. The topological polar surface area (TPSA) is 83.7 Å². The molecule has 1 aromatic heterocycles. The molecule has 5 rings (SSSR count). The predicted molar refractivity (Wildman–Crippen MR) is 136 cm³/mol. The van der Waals surface area contributed by atoms with Gasteiger partial charge in [-0.2, -0.15) is 0 Å². The predicted octanol–water partition coefficient (Wildman–Crippen LogP) is 4.24. The van der Waals surface area contributed by atoms with Gasteiger partial charge in [0.15, 0.2) is 11.5 Å². The molecule has 7 nitrogen and oxygen atoms in total. The van der Waals surface area contributed by atoms with Crippen LogP contribution in [0.3, 0.4) is 0 Å². The Morgan fingerprint density at radius 1 is 1.17 bits per heavy atom. The van der Waals surface area contributed by atoms with E-state index in [0.717, 1.165) is 36.9 Å². The highest BCUT2D eigenvalue weighted by Crippen LogP contribution is 2.45. The maximum Gasteiger partial charge on any atom is 0.253 e. The number of pyridine rings is 1. The molecule has 2 aromatic rings. The van der Waals surface area contributed by atoms with E-state index in [0.29, 0.717) is 64.9 Å². The first-order valence-corrected chi connectivity index (χ1v) is 13.1. The molecule has 1 aliphatic carbocycles. The first-order chi connectivity index (χ1) is 17.2. The highest BCUT2D eigenvalue weighted by atomic mass is 35.5. The van der Waals surface area contributed by atoms with Gasteiger partial charge < -0.3 is 19.8 Å². The number of halogens is 2. The van der Waals surface area contributed by atoms with Crippen molar-refractivity contribution in [3.8, 4) is 11.5 Å². The Kier molecular flexibility index (Phi) is 7.01. The lowest BCUT2D eigenvalue weighted by Crippen LogP contribution is -2.54. The summed E-state index contributed by atoms with van der Waals surface area (Å²) in [4.78, 5) is 30.4. The van der Waals surface area contributed by atoms with E-state index in [1.54, 1.807) is 6.07 Å². The highest BCUT2D eigenvalue weighted by molar-refractivity contribution is 6.32. The van der Waals surface area contributed by atoms with Crippen LogP contribution in [-0.4, -0.2) is 53.8 Å². The lowest BCUT2D eigenvalue weighted by molar-refractivity contribution is -0.0144. The van der Waals surface area contributed by atoms with E-state index < -0.39 is 6.17 Å². The number of aryl methyl sites for hydroxylation is 2. The first-order valence-electron chi connectivity index (χ1n) is 12.7. The second-order valence-corrected chi connectivity index (χ2v) is 10.8. The summed E-state index contributed by atoms with van der Waals surface area (Å²) in [5.74, 6) is 0.988. The van der Waals surface area contributed by atoms with Gasteiger partial charge in [0.2, 0.25) is 0 Å². The number of amides is 1. The number of hydrogen-bond acceptors (Lipinski definition) is 5. The van der Waals surface area contributed by atoms with E-state index in [1.807, 2.05) is 26.8 Å². The van der Waals surface area contributed by atoms with E-state index in [4.69, 9.17) is 21.1 Å². The Balaban J connectivity index is 1.27. The van der Waals surface area contributed by atoms with E-state index in [1.165, 1.54) is 0 Å². The van der Waals surface area contributed by atoms with Crippen LogP contribution in [0.1, 0.15) is 58.4 Å². The number of benzene rings is 1. The van der Waals surface area contributed by atoms with E-state index in [2.05, 4.69) is 15.2 Å². The summed E-state index contributed by atoms with van der Waals surface area (Å²) in [6.07, 6.45) is 3.27. The van der Waals surface area contributed by atoms with Crippen LogP contribution in [0.4, 0.5) is 4.39 Å². The number of nitrogens with zero attached hydrogens (tertiary/aromatic N) is 1. The number of carbonyl (C=O) groups excluding carboxylic acids is 1. The molecule has 3 aliphatic rings. The van der Waals surface area contributed by atoms with Crippen molar-refractivity contribution in [2.45, 2.75) is 71.3 Å². The number of aromatic amines is 1. The summed E-state index contributed by atoms with van der Waals surface area (Å²) in [7, 11) is 0. The fraction of sp³-hybridized carbons (Fsp3) is 0.556. The van der Waals surface area contributed by atoms with Crippen LogP contribution in [0.2, 0.25) is 5.02 Å². The lowest BCUT2D eigenvalue weighted by atomic mass is 9.81. The smallest absolute Gasteiger partial charge is 0.253 e. The maximum atomic E-state index is 13.2. The van der Waals surface area contributed by atoms with Crippen molar-refractivity contribution in [3.63, 3.8) is 0 Å². The van der Waals surface area contributed by atoms with Crippen LogP contribution in [0.25, 0.3) is 0 Å². The summed E-state index contributed by atoms with van der Waals surface area (Å²) >= 11 is 6.49. The third kappa shape index (κ3) is 4.85. The average Bonchev–Trinajstić information content (AvgIpc) is 2.83. The Morgan fingerprint density at radius 3 is 2.56 bits per heavy atom. The Labute approximate surface area is 215 Å². The fourth-order valence-electron chi connectivity index (χ4n) is 5.75. The fourth-order valence-corrected chi connectivity index (χ4v) is 6.00. The number of ether oxygens (including phenoxy) is 2. The molecule has 0 radical (unpaired) electrons. The Morgan fingerprint density at radius 2 is 1.89 bits per heavy atom. The third-order valence-electron chi connectivity index (χ3n) is 7.91. The van der Waals surface area contributed by atoms with Crippen LogP contribution in [0.15, 0.2) is 16.9 Å². The molecule has 36 heavy (non-hydrogen) atoms. The standard InChI is InChI=1S/C27H33ClFN3O4/c1-14-8-15(2)31-27(34)21(14)10-30-26(33)20-9-22(28)25-24(16(20)3)36-23(13-35-25)17-4-6-19(7-5-17)32-11-18(29)12-32/h8-9,17-19,23H,4-7,10-13H2,1-3H3,(H,30,33)(H,31,34). The Bertz CT molecular complexity index is 1220. The highest BCUT2D eigenvalue weighted by Gasteiger charge is 2.38. The van der Waals surface area contributed by atoms with Gasteiger partial charge in [-0.1, -0.05) is 11.6 Å². The number of fused-ring (bicyclic) bond motifs is 1. The van der Waals surface area contributed by atoms with Crippen LogP contribution >= 0.6 is 11.6 Å². The Hall–Kier alpha value is -2.58. The van der Waals surface area contributed by atoms with Gasteiger partial charge in [-0.3, -0.25) is 14.5 Å². The zero-order valence-corrected chi connectivity index (χ0v) is 21.7. The summed E-state index contributed by atoms with van der Waals surface area (Å²) < 4.78 is 25.7. The van der Waals surface area contributed by atoms with Crippen molar-refractivity contribution in [1.29, 1.82) is 0 Å². The van der Waals surface area contributed by atoms with Gasteiger partial charge in [0.1, 0.15) is 18.9 Å². The molecule has 194 valence electrons. The zero-order chi connectivity index (χ0) is 25.6. The van der Waals surface area contributed by atoms with E-state index in [-0.39, 0.29) is 24.1 Å². The van der Waals surface area contributed by atoms with Crippen molar-refractivity contribution < 1.29 is 18.7 Å². The quantitative estimate of drug-likeness (QED) is 0.620. The molecule has 2 N–H and O–H groups in total. The number of nitrogens with one attached hydrogen (secondary N) is 2. The van der Waals surface area contributed by atoms with Crippen LogP contribution in [0.5, 0.6) is 11.5 Å². The molecular formula is C27H33ClFN3O4. The summed E-state index contributed by atoms with van der Waals surface area (Å²) in [5.41, 5.74) is 2.97. The van der Waals surface area contributed by atoms with Gasteiger partial charge in [0.25, 0.3) is 11.5 Å². The minimum Gasteiger partial charge on any atom is -0.484 e. The molecule has 1 unspecified atom stereocenters. The molecule has 1 saturated carbocycles. The third-order valence-corrected chi connectivity index (χ3v) is 8.19. The molecule has 1 atom stereocenters. The van der Waals surface area contributed by atoms with Crippen molar-refractivity contribution in [1.82, 2.24) is 15.2 Å². The average molecular weight is 518 g/mol. The molecule has 1 saturated heterocycles. The number of carbonyl (C=O) groups is 1. The molecule has 2 fully saturated rings. The van der Waals surface area contributed by atoms with Crippen molar-refractivity contribution >= 4 is 17.5 Å². The number of aromatic nitrogens is 1. The second kappa shape index (κ2) is 10.1. The van der Waals surface area contributed by atoms with Crippen molar-refractivity contribution in [2.24, 2.45) is 5.92 Å². The van der Waals surface area contributed by atoms with Crippen LogP contribution < -0.4 is 20.3 Å². The largest absolute Gasteiger partial charge is 0.484 e. The molecule has 1 amide bonds. The summed E-state index contributed by atoms with van der Waals surface area (Å²) in [6, 6.07) is 3.93. The molecule has 9 heteroatoms. The normalized spacial score (nSPS) is 24.3. The monoisotopic (exact) mass is 517 g/mol. The molecular weight excluding hydrogens is 485 g/mol. The van der Waals surface area contributed by atoms with Gasteiger partial charge >= 0.3 is 0 Å². The lowest BCUT2D eigenvalue weighted by Gasteiger charge is -2.45. The minimum absolute atomic E-state index is 0.109. The number of hydrogen-bond donors (Lipinski definition) is 2. The van der Waals surface area contributed by atoms with Gasteiger partial charge in [-0.05, 0) is 70.1 Å². The van der Waals surface area contributed by atoms with Crippen LogP contribution in [0, 0.1) is 26.7 Å². The summed E-state index contributed by atoms with van der Waals surface area (Å²) in [6.45, 7) is 7.15. The van der Waals surface area contributed by atoms with Gasteiger partial charge in [-0.25, -0.2) is 4.39 Å².